The molecule has 0 aliphatic carbocycles. The maximum atomic E-state index is 12.5. The number of halogens is 1. The van der Waals surface area contributed by atoms with E-state index in [2.05, 4.69) is 27.5 Å². The van der Waals surface area contributed by atoms with Crippen LogP contribution in [0.3, 0.4) is 0 Å². The van der Waals surface area contributed by atoms with Crippen LogP contribution >= 0.6 is 22.6 Å². The minimum absolute atomic E-state index is 0.341. The third kappa shape index (κ3) is 3.30. The second-order valence-corrected chi connectivity index (χ2v) is 9.18. The largest absolute Gasteiger partial charge is 0.371 e. The molecule has 0 aromatic heterocycles. The second kappa shape index (κ2) is 6.58. The van der Waals surface area contributed by atoms with Gasteiger partial charge in [-0.25, -0.2) is 8.42 Å². The number of sulfone groups is 1. The molecule has 0 atom stereocenters. The van der Waals surface area contributed by atoms with E-state index in [1.54, 1.807) is 36.4 Å². The summed E-state index contributed by atoms with van der Waals surface area (Å²) in [5, 5.41) is 0. The summed E-state index contributed by atoms with van der Waals surface area (Å²) in [7, 11) is -3.41. The number of benzene rings is 2. The minimum Gasteiger partial charge on any atom is -0.371 e. The van der Waals surface area contributed by atoms with Crippen LogP contribution < -0.4 is 4.90 Å². The Hall–Kier alpha value is -1.08. The molecule has 22 heavy (non-hydrogen) atoms. The number of rotatable bonds is 3. The molecule has 0 N–H and O–H groups in total. The summed E-state index contributed by atoms with van der Waals surface area (Å²) in [6, 6.07) is 15.8. The first-order valence-electron chi connectivity index (χ1n) is 7.36. The molecule has 1 saturated heterocycles. The van der Waals surface area contributed by atoms with Crippen molar-refractivity contribution in [3.63, 3.8) is 0 Å². The third-order valence-corrected chi connectivity index (χ3v) is 7.02. The Morgan fingerprint density at radius 2 is 1.41 bits per heavy atom. The molecule has 1 heterocycles. The normalized spacial score (nSPS) is 16.7. The van der Waals surface area contributed by atoms with E-state index in [0.717, 1.165) is 22.7 Å². The van der Waals surface area contributed by atoms with Gasteiger partial charge >= 0.3 is 0 Å². The lowest BCUT2D eigenvalue weighted by atomic mass is 10.1. The Balaban J connectivity index is 1.83. The Bertz CT molecular complexity index is 721. The van der Waals surface area contributed by atoms with E-state index in [1.165, 1.54) is 12.8 Å². The molecule has 3 rings (SSSR count). The number of alkyl halides is 1. The number of hydrogen-bond donors (Lipinski definition) is 0. The molecule has 2 aromatic carbocycles. The van der Waals surface area contributed by atoms with Crippen molar-refractivity contribution in [2.45, 2.75) is 26.6 Å². The fraction of sp³-hybridized carbons (Fsp3) is 0.294. The molecule has 0 spiro atoms. The molecule has 1 aliphatic heterocycles. The predicted molar refractivity (Wildman–Crippen MR) is 97.6 cm³/mol. The lowest BCUT2D eigenvalue weighted by molar-refractivity contribution is 0.595. The number of piperidine rings is 1. The van der Waals surface area contributed by atoms with E-state index < -0.39 is 9.84 Å². The molecular formula is C17H18INO2S. The summed E-state index contributed by atoms with van der Waals surface area (Å²) in [5.41, 5.74) is 1.11. The smallest absolute Gasteiger partial charge is 0.206 e. The van der Waals surface area contributed by atoms with Crippen molar-refractivity contribution in [3.05, 3.63) is 54.6 Å². The van der Waals surface area contributed by atoms with Crippen LogP contribution in [0.2, 0.25) is 0 Å². The van der Waals surface area contributed by atoms with Crippen molar-refractivity contribution in [1.29, 1.82) is 0 Å². The minimum atomic E-state index is -3.41. The van der Waals surface area contributed by atoms with Crippen molar-refractivity contribution in [2.24, 2.45) is 0 Å². The number of anilines is 1. The van der Waals surface area contributed by atoms with Gasteiger partial charge in [0.1, 0.15) is 0 Å². The lowest BCUT2D eigenvalue weighted by Gasteiger charge is -2.31. The standard InChI is InChI=1S/C17H18INO2S/c18-14-10-12-19(13-11-14)15-6-8-17(9-7-15)22(20,21)16-4-2-1-3-5-16/h1-9,14H,10-13H2. The van der Waals surface area contributed by atoms with Crippen LogP contribution in [0.15, 0.2) is 64.4 Å². The average Bonchev–Trinajstić information content (AvgIpc) is 2.56. The highest BCUT2D eigenvalue weighted by atomic mass is 127. The van der Waals surface area contributed by atoms with Crippen molar-refractivity contribution in [3.8, 4) is 0 Å². The highest BCUT2D eigenvalue weighted by Gasteiger charge is 2.19. The molecule has 1 aliphatic rings. The van der Waals surface area contributed by atoms with E-state index in [4.69, 9.17) is 0 Å². The first-order valence-corrected chi connectivity index (χ1v) is 10.1. The second-order valence-electron chi connectivity index (χ2n) is 5.47. The zero-order valence-corrected chi connectivity index (χ0v) is 15.1. The highest BCUT2D eigenvalue weighted by Crippen LogP contribution is 2.26. The molecule has 0 bridgehead atoms. The zero-order chi connectivity index (χ0) is 15.6. The van der Waals surface area contributed by atoms with Gasteiger partial charge in [0.15, 0.2) is 0 Å². The summed E-state index contributed by atoms with van der Waals surface area (Å²) < 4.78 is 25.9. The van der Waals surface area contributed by atoms with E-state index in [1.807, 2.05) is 18.2 Å². The van der Waals surface area contributed by atoms with Crippen LogP contribution in [0.25, 0.3) is 0 Å². The van der Waals surface area contributed by atoms with Crippen molar-refractivity contribution < 1.29 is 8.42 Å². The topological polar surface area (TPSA) is 37.4 Å². The van der Waals surface area contributed by atoms with Crippen LogP contribution in [0, 0.1) is 0 Å². The maximum absolute atomic E-state index is 12.5. The summed E-state index contributed by atoms with van der Waals surface area (Å²) in [6.07, 6.45) is 2.37. The van der Waals surface area contributed by atoms with E-state index in [-0.39, 0.29) is 0 Å². The van der Waals surface area contributed by atoms with Crippen molar-refractivity contribution in [1.82, 2.24) is 0 Å². The summed E-state index contributed by atoms with van der Waals surface area (Å²) in [5.74, 6) is 0. The van der Waals surface area contributed by atoms with Crippen molar-refractivity contribution in [2.75, 3.05) is 18.0 Å². The van der Waals surface area contributed by atoms with Gasteiger partial charge in [-0.3, -0.25) is 0 Å². The third-order valence-electron chi connectivity index (χ3n) is 3.99. The summed E-state index contributed by atoms with van der Waals surface area (Å²) in [4.78, 5) is 3.02. The van der Waals surface area contributed by atoms with Gasteiger partial charge in [-0.1, -0.05) is 40.8 Å². The predicted octanol–water partition coefficient (Wildman–Crippen LogP) is 3.92. The molecule has 0 amide bonds. The average molecular weight is 427 g/mol. The number of hydrogen-bond acceptors (Lipinski definition) is 3. The summed E-state index contributed by atoms with van der Waals surface area (Å²) >= 11 is 2.50. The van der Waals surface area contributed by atoms with Gasteiger partial charge in [-0.15, -0.1) is 0 Å². The number of nitrogens with zero attached hydrogens (tertiary/aromatic N) is 1. The van der Waals surface area contributed by atoms with Crippen LogP contribution in [0.5, 0.6) is 0 Å². The Kier molecular flexibility index (Phi) is 4.73. The SMILES string of the molecule is O=S(=O)(c1ccccc1)c1ccc(N2CCC(I)CC2)cc1. The van der Waals surface area contributed by atoms with Gasteiger partial charge in [0.2, 0.25) is 9.84 Å². The molecule has 116 valence electrons. The first-order chi connectivity index (χ1) is 10.6. The van der Waals surface area contributed by atoms with Crippen LogP contribution in [0.1, 0.15) is 12.8 Å². The molecule has 0 unspecified atom stereocenters. The van der Waals surface area contributed by atoms with Gasteiger partial charge < -0.3 is 4.90 Å². The zero-order valence-electron chi connectivity index (χ0n) is 12.2. The van der Waals surface area contributed by atoms with Gasteiger partial charge in [0, 0.05) is 22.7 Å². The van der Waals surface area contributed by atoms with E-state index >= 15 is 0 Å². The Morgan fingerprint density at radius 3 is 2.00 bits per heavy atom. The van der Waals surface area contributed by atoms with Gasteiger partial charge in [0.05, 0.1) is 9.79 Å². The van der Waals surface area contributed by atoms with Crippen LogP contribution in [-0.4, -0.2) is 25.4 Å². The lowest BCUT2D eigenvalue weighted by Crippen LogP contribution is -2.33. The highest BCUT2D eigenvalue weighted by molar-refractivity contribution is 14.1. The molecule has 0 saturated carbocycles. The van der Waals surface area contributed by atoms with E-state index in [9.17, 15) is 8.42 Å². The van der Waals surface area contributed by atoms with Crippen molar-refractivity contribution >= 4 is 38.1 Å². The fourth-order valence-corrected chi connectivity index (χ4v) is 4.52. The summed E-state index contributed by atoms with van der Waals surface area (Å²) in [6.45, 7) is 2.08. The molecule has 0 radical (unpaired) electrons. The molecule has 3 nitrogen and oxygen atoms in total. The monoisotopic (exact) mass is 427 g/mol. The molecule has 5 heteroatoms. The first kappa shape index (κ1) is 15.8. The van der Waals surface area contributed by atoms with Crippen LogP contribution in [-0.2, 0) is 9.84 Å². The van der Waals surface area contributed by atoms with Gasteiger partial charge in [0.25, 0.3) is 0 Å². The van der Waals surface area contributed by atoms with E-state index in [0.29, 0.717) is 9.79 Å². The Labute approximate surface area is 145 Å². The van der Waals surface area contributed by atoms with Crippen LogP contribution in [0.4, 0.5) is 5.69 Å². The molecular weight excluding hydrogens is 409 g/mol. The molecule has 1 fully saturated rings. The quantitative estimate of drug-likeness (QED) is 0.551. The Morgan fingerprint density at radius 1 is 0.864 bits per heavy atom. The molecule has 2 aromatic rings. The van der Waals surface area contributed by atoms with Gasteiger partial charge in [-0.05, 0) is 49.2 Å². The van der Waals surface area contributed by atoms with Gasteiger partial charge in [-0.2, -0.15) is 0 Å². The maximum Gasteiger partial charge on any atom is 0.206 e. The fourth-order valence-electron chi connectivity index (χ4n) is 2.68.